The SMILES string of the molecule is NS(=O)(=O)c1ccc(CNc2nc(N3CCOCC3)c3nc(-c4ccc(F)cc4)nnc3n2)cc1. The number of morpholine rings is 1. The van der Waals surface area contributed by atoms with E-state index in [0.717, 1.165) is 5.56 Å². The number of rotatable bonds is 6. The zero-order valence-electron chi connectivity index (χ0n) is 18.4. The van der Waals surface area contributed by atoms with Crippen molar-refractivity contribution in [1.29, 1.82) is 0 Å². The predicted octanol–water partition coefficient (Wildman–Crippen LogP) is 1.72. The summed E-state index contributed by atoms with van der Waals surface area (Å²) >= 11 is 0. The van der Waals surface area contributed by atoms with E-state index in [0.29, 0.717) is 67.2 Å². The number of ether oxygens (including phenoxy) is 1. The van der Waals surface area contributed by atoms with Crippen LogP contribution in [-0.2, 0) is 21.3 Å². The highest BCUT2D eigenvalue weighted by Crippen LogP contribution is 2.26. The van der Waals surface area contributed by atoms with E-state index in [4.69, 9.17) is 9.88 Å². The van der Waals surface area contributed by atoms with Crippen molar-refractivity contribution in [1.82, 2.24) is 25.1 Å². The summed E-state index contributed by atoms with van der Waals surface area (Å²) in [5, 5.41) is 16.7. The number of primary sulfonamides is 1. The Morgan fingerprint density at radius 1 is 0.971 bits per heavy atom. The van der Waals surface area contributed by atoms with E-state index < -0.39 is 10.0 Å². The van der Waals surface area contributed by atoms with Crippen LogP contribution in [0.25, 0.3) is 22.6 Å². The standard InChI is InChI=1S/C22H21FN8O3S/c23-16-5-3-15(4-6-16)19-26-18-20(30-29-19)27-22(28-21(18)31-9-11-34-12-10-31)25-13-14-1-7-17(8-2-14)35(24,32)33/h1-8H,9-13H2,(H2,24,32,33)(H,25,27,28,30). The van der Waals surface area contributed by atoms with Crippen molar-refractivity contribution >= 4 is 33.0 Å². The highest BCUT2D eigenvalue weighted by atomic mass is 32.2. The highest BCUT2D eigenvalue weighted by Gasteiger charge is 2.20. The number of nitrogens with one attached hydrogen (secondary N) is 1. The van der Waals surface area contributed by atoms with Crippen molar-refractivity contribution in [3.8, 4) is 11.4 Å². The summed E-state index contributed by atoms with van der Waals surface area (Å²) in [6.07, 6.45) is 0. The molecule has 0 radical (unpaired) electrons. The molecule has 2 aromatic carbocycles. The maximum Gasteiger partial charge on any atom is 0.238 e. The lowest BCUT2D eigenvalue weighted by molar-refractivity contribution is 0.122. The molecular weight excluding hydrogens is 475 g/mol. The zero-order chi connectivity index (χ0) is 24.4. The summed E-state index contributed by atoms with van der Waals surface area (Å²) in [6, 6.07) is 12.1. The van der Waals surface area contributed by atoms with Gasteiger partial charge in [-0.15, -0.1) is 10.2 Å². The molecule has 1 fully saturated rings. The molecule has 1 aliphatic rings. The van der Waals surface area contributed by atoms with Crippen LogP contribution in [0.15, 0.2) is 53.4 Å². The number of nitrogens with two attached hydrogens (primary N) is 1. The summed E-state index contributed by atoms with van der Waals surface area (Å²) in [7, 11) is -3.76. The predicted molar refractivity (Wildman–Crippen MR) is 126 cm³/mol. The summed E-state index contributed by atoms with van der Waals surface area (Å²) in [4.78, 5) is 15.9. The smallest absolute Gasteiger partial charge is 0.238 e. The van der Waals surface area contributed by atoms with Gasteiger partial charge in [0.25, 0.3) is 0 Å². The fourth-order valence-electron chi connectivity index (χ4n) is 3.60. The van der Waals surface area contributed by atoms with E-state index in [1.54, 1.807) is 24.3 Å². The van der Waals surface area contributed by atoms with Crippen molar-refractivity contribution in [2.75, 3.05) is 36.5 Å². The van der Waals surface area contributed by atoms with Crippen LogP contribution in [0.1, 0.15) is 5.56 Å². The second kappa shape index (κ2) is 9.44. The van der Waals surface area contributed by atoms with E-state index in [1.165, 1.54) is 24.3 Å². The molecule has 0 bridgehead atoms. The van der Waals surface area contributed by atoms with Crippen molar-refractivity contribution in [3.05, 3.63) is 59.9 Å². The number of anilines is 2. The number of hydrogen-bond acceptors (Lipinski definition) is 10. The first-order valence-corrected chi connectivity index (χ1v) is 12.3. The number of nitrogens with zero attached hydrogens (tertiary/aromatic N) is 6. The van der Waals surface area contributed by atoms with Crippen LogP contribution in [0.4, 0.5) is 16.2 Å². The fourth-order valence-corrected chi connectivity index (χ4v) is 4.11. The average Bonchev–Trinajstić information content (AvgIpc) is 2.87. The maximum atomic E-state index is 13.3. The lowest BCUT2D eigenvalue weighted by Gasteiger charge is -2.28. The van der Waals surface area contributed by atoms with Gasteiger partial charge in [0.1, 0.15) is 5.82 Å². The quantitative estimate of drug-likeness (QED) is 0.404. The molecule has 3 N–H and O–H groups in total. The maximum absolute atomic E-state index is 13.3. The van der Waals surface area contributed by atoms with Crippen molar-refractivity contribution in [2.45, 2.75) is 11.4 Å². The Morgan fingerprint density at radius 3 is 2.37 bits per heavy atom. The molecule has 2 aromatic heterocycles. The van der Waals surface area contributed by atoms with E-state index in [2.05, 4.69) is 30.5 Å². The summed E-state index contributed by atoms with van der Waals surface area (Å²) in [5.41, 5.74) is 2.22. The molecule has 180 valence electrons. The van der Waals surface area contributed by atoms with E-state index in [9.17, 15) is 12.8 Å². The molecular formula is C22H21FN8O3S. The topological polar surface area (TPSA) is 149 Å². The summed E-state index contributed by atoms with van der Waals surface area (Å²) < 4.78 is 41.7. The third kappa shape index (κ3) is 5.16. The Morgan fingerprint density at radius 2 is 1.69 bits per heavy atom. The van der Waals surface area contributed by atoms with Crippen LogP contribution in [0.2, 0.25) is 0 Å². The molecule has 11 nitrogen and oxygen atoms in total. The van der Waals surface area contributed by atoms with Gasteiger partial charge in [-0.2, -0.15) is 9.97 Å². The van der Waals surface area contributed by atoms with Gasteiger partial charge in [0.05, 0.1) is 18.1 Å². The first-order chi connectivity index (χ1) is 16.9. The van der Waals surface area contributed by atoms with Crippen LogP contribution < -0.4 is 15.4 Å². The van der Waals surface area contributed by atoms with Crippen molar-refractivity contribution in [3.63, 3.8) is 0 Å². The normalized spacial score (nSPS) is 14.3. The first kappa shape index (κ1) is 23.0. The summed E-state index contributed by atoms with van der Waals surface area (Å²) in [6.45, 7) is 2.68. The number of halogens is 1. The monoisotopic (exact) mass is 496 g/mol. The van der Waals surface area contributed by atoms with Gasteiger partial charge >= 0.3 is 0 Å². The molecule has 1 aliphatic heterocycles. The molecule has 0 unspecified atom stereocenters. The molecule has 35 heavy (non-hydrogen) atoms. The van der Waals surface area contributed by atoms with Gasteiger partial charge in [0.2, 0.25) is 21.6 Å². The molecule has 13 heteroatoms. The third-order valence-electron chi connectivity index (χ3n) is 5.42. The van der Waals surface area contributed by atoms with E-state index in [1.807, 2.05) is 4.90 Å². The van der Waals surface area contributed by atoms with Gasteiger partial charge in [0, 0.05) is 25.2 Å². The largest absolute Gasteiger partial charge is 0.378 e. The van der Waals surface area contributed by atoms with Crippen molar-refractivity contribution < 1.29 is 17.5 Å². The minimum absolute atomic E-state index is 0.0381. The number of fused-ring (bicyclic) bond motifs is 1. The number of benzene rings is 2. The number of aromatic nitrogens is 5. The Labute approximate surface area is 200 Å². The van der Waals surface area contributed by atoms with E-state index >= 15 is 0 Å². The molecule has 1 saturated heterocycles. The fraction of sp³-hybridized carbons (Fsp3) is 0.227. The lowest BCUT2D eigenvalue weighted by atomic mass is 10.2. The molecule has 0 saturated carbocycles. The molecule has 0 aliphatic carbocycles. The van der Waals surface area contributed by atoms with Gasteiger partial charge in [-0.25, -0.2) is 22.9 Å². The molecule has 0 spiro atoms. The van der Waals surface area contributed by atoms with Crippen molar-refractivity contribution in [2.24, 2.45) is 5.14 Å². The Hall–Kier alpha value is -3.81. The second-order valence-electron chi connectivity index (χ2n) is 7.83. The summed E-state index contributed by atoms with van der Waals surface area (Å²) in [5.74, 6) is 0.893. The minimum atomic E-state index is -3.76. The Bertz CT molecular complexity index is 1460. The van der Waals surface area contributed by atoms with Crippen LogP contribution >= 0.6 is 0 Å². The van der Waals surface area contributed by atoms with Gasteiger partial charge in [0.15, 0.2) is 17.2 Å². The Kier molecular flexibility index (Phi) is 6.19. The van der Waals surface area contributed by atoms with Gasteiger partial charge < -0.3 is 15.0 Å². The Balaban J connectivity index is 1.47. The lowest BCUT2D eigenvalue weighted by Crippen LogP contribution is -2.37. The third-order valence-corrected chi connectivity index (χ3v) is 6.35. The zero-order valence-corrected chi connectivity index (χ0v) is 19.2. The van der Waals surface area contributed by atoms with Gasteiger partial charge in [-0.1, -0.05) is 12.1 Å². The number of hydrogen-bond donors (Lipinski definition) is 2. The highest BCUT2D eigenvalue weighted by molar-refractivity contribution is 7.89. The van der Waals surface area contributed by atoms with Crippen LogP contribution in [0, 0.1) is 5.82 Å². The van der Waals surface area contributed by atoms with Crippen LogP contribution in [-0.4, -0.2) is 59.9 Å². The molecule has 5 rings (SSSR count). The second-order valence-corrected chi connectivity index (χ2v) is 9.39. The van der Waals surface area contributed by atoms with Crippen LogP contribution in [0.5, 0.6) is 0 Å². The average molecular weight is 497 g/mol. The van der Waals surface area contributed by atoms with Crippen LogP contribution in [0.3, 0.4) is 0 Å². The molecule has 0 amide bonds. The minimum Gasteiger partial charge on any atom is -0.378 e. The van der Waals surface area contributed by atoms with Gasteiger partial charge in [-0.3, -0.25) is 0 Å². The molecule has 3 heterocycles. The first-order valence-electron chi connectivity index (χ1n) is 10.7. The van der Waals surface area contributed by atoms with E-state index in [-0.39, 0.29) is 10.7 Å². The molecule has 0 atom stereocenters. The molecule has 4 aromatic rings. The van der Waals surface area contributed by atoms with Gasteiger partial charge in [-0.05, 0) is 42.0 Å². The number of sulfonamides is 1.